The number of non-ortho nitro benzene ring substituents is 1. The lowest BCUT2D eigenvalue weighted by Crippen LogP contribution is -2.49. The number of rotatable bonds is 7. The highest BCUT2D eigenvalue weighted by Crippen LogP contribution is 2.20. The Bertz CT molecular complexity index is 864. The van der Waals surface area contributed by atoms with E-state index in [1.165, 1.54) is 28.6 Å². The second-order valence-electron chi connectivity index (χ2n) is 6.16. The molecule has 9 heteroatoms. The smallest absolute Gasteiger partial charge is 0.269 e. The highest BCUT2D eigenvalue weighted by atomic mass is 32.2. The first-order valence-corrected chi connectivity index (χ1v) is 10.1. The number of nitro groups is 1. The van der Waals surface area contributed by atoms with Gasteiger partial charge < -0.3 is 4.74 Å². The number of nitrogens with zero attached hydrogens (tertiary/aromatic N) is 3. The zero-order valence-corrected chi connectivity index (χ0v) is 15.5. The van der Waals surface area contributed by atoms with Gasteiger partial charge in [0, 0.05) is 44.9 Å². The van der Waals surface area contributed by atoms with Crippen molar-refractivity contribution in [1.29, 1.82) is 0 Å². The molecule has 1 aliphatic rings. The van der Waals surface area contributed by atoms with Crippen molar-refractivity contribution in [2.75, 3.05) is 39.3 Å². The van der Waals surface area contributed by atoms with E-state index in [0.717, 1.165) is 12.3 Å². The van der Waals surface area contributed by atoms with Gasteiger partial charge in [-0.1, -0.05) is 18.2 Å². The van der Waals surface area contributed by atoms with Crippen LogP contribution < -0.4 is 4.74 Å². The first-order valence-electron chi connectivity index (χ1n) is 8.61. The Kier molecular flexibility index (Phi) is 6.04. The van der Waals surface area contributed by atoms with Gasteiger partial charge in [0.05, 0.1) is 9.82 Å². The van der Waals surface area contributed by atoms with Crippen LogP contribution in [0.1, 0.15) is 0 Å². The van der Waals surface area contributed by atoms with Crippen molar-refractivity contribution in [2.24, 2.45) is 0 Å². The molecule has 1 saturated heterocycles. The van der Waals surface area contributed by atoms with Crippen LogP contribution >= 0.6 is 0 Å². The maximum atomic E-state index is 12.7. The van der Waals surface area contributed by atoms with Crippen LogP contribution in [-0.4, -0.2) is 61.9 Å². The molecule has 0 aliphatic carbocycles. The molecular weight excluding hydrogens is 370 g/mol. The third-order valence-corrected chi connectivity index (χ3v) is 6.35. The molecule has 1 fully saturated rings. The van der Waals surface area contributed by atoms with E-state index in [1.807, 2.05) is 30.3 Å². The molecule has 0 unspecified atom stereocenters. The van der Waals surface area contributed by atoms with Crippen LogP contribution in [0, 0.1) is 10.1 Å². The van der Waals surface area contributed by atoms with Crippen molar-refractivity contribution in [3.63, 3.8) is 0 Å². The summed E-state index contributed by atoms with van der Waals surface area (Å²) in [6, 6.07) is 14.5. The summed E-state index contributed by atoms with van der Waals surface area (Å²) in [5.74, 6) is 0.817. The zero-order chi connectivity index (χ0) is 19.3. The minimum Gasteiger partial charge on any atom is -0.492 e. The number of nitro benzene ring substituents is 1. The monoisotopic (exact) mass is 391 g/mol. The molecule has 3 rings (SSSR count). The number of piperazine rings is 1. The quantitative estimate of drug-likeness (QED) is 0.529. The fourth-order valence-corrected chi connectivity index (χ4v) is 4.31. The number of para-hydroxylation sites is 1. The van der Waals surface area contributed by atoms with Crippen molar-refractivity contribution < 1.29 is 18.1 Å². The summed E-state index contributed by atoms with van der Waals surface area (Å²) in [6.45, 7) is 3.25. The van der Waals surface area contributed by atoms with Crippen LogP contribution in [0.4, 0.5) is 5.69 Å². The molecule has 8 nitrogen and oxygen atoms in total. The van der Waals surface area contributed by atoms with Gasteiger partial charge in [0.2, 0.25) is 10.0 Å². The lowest BCUT2D eigenvalue weighted by atomic mass is 10.3. The van der Waals surface area contributed by atoms with Crippen molar-refractivity contribution in [1.82, 2.24) is 9.21 Å². The van der Waals surface area contributed by atoms with E-state index in [9.17, 15) is 18.5 Å². The van der Waals surface area contributed by atoms with Crippen LogP contribution in [0.5, 0.6) is 5.75 Å². The van der Waals surface area contributed by atoms with Crippen LogP contribution in [-0.2, 0) is 10.0 Å². The van der Waals surface area contributed by atoms with Gasteiger partial charge in [0.1, 0.15) is 12.4 Å². The lowest BCUT2D eigenvalue weighted by molar-refractivity contribution is -0.384. The molecule has 0 amide bonds. The minimum atomic E-state index is -3.64. The Morgan fingerprint density at radius 2 is 1.59 bits per heavy atom. The fraction of sp³-hybridized carbons (Fsp3) is 0.333. The standard InChI is InChI=1S/C18H21N3O5S/c22-21(23)16-6-8-18(9-7-16)27(24,25)20-12-10-19(11-13-20)14-15-26-17-4-2-1-3-5-17/h1-9H,10-15H2. The number of hydrogen-bond donors (Lipinski definition) is 0. The molecular formula is C18H21N3O5S. The maximum absolute atomic E-state index is 12.7. The van der Waals surface area contributed by atoms with Crippen molar-refractivity contribution in [2.45, 2.75) is 4.90 Å². The average molecular weight is 391 g/mol. The minimum absolute atomic E-state index is 0.0777. The fourth-order valence-electron chi connectivity index (χ4n) is 2.89. The summed E-state index contributed by atoms with van der Waals surface area (Å²) in [5.41, 5.74) is -0.128. The Balaban J connectivity index is 1.51. The first-order chi connectivity index (χ1) is 13.0. The average Bonchev–Trinajstić information content (AvgIpc) is 2.69. The summed E-state index contributed by atoms with van der Waals surface area (Å²) in [4.78, 5) is 12.4. The SMILES string of the molecule is O=[N+]([O-])c1ccc(S(=O)(=O)N2CCN(CCOc3ccccc3)CC2)cc1. The summed E-state index contributed by atoms with van der Waals surface area (Å²) in [5, 5.41) is 10.7. The molecule has 0 aromatic heterocycles. The van der Waals surface area contributed by atoms with E-state index < -0.39 is 14.9 Å². The molecule has 2 aromatic carbocycles. The molecule has 0 spiro atoms. The number of hydrogen-bond acceptors (Lipinski definition) is 6. The van der Waals surface area contributed by atoms with Gasteiger partial charge in [0.15, 0.2) is 0 Å². The third-order valence-electron chi connectivity index (χ3n) is 4.44. The summed E-state index contributed by atoms with van der Waals surface area (Å²) >= 11 is 0. The van der Waals surface area contributed by atoms with E-state index in [2.05, 4.69) is 4.90 Å². The second-order valence-corrected chi connectivity index (χ2v) is 8.10. The number of benzene rings is 2. The van der Waals surface area contributed by atoms with Gasteiger partial charge in [-0.25, -0.2) is 8.42 Å². The maximum Gasteiger partial charge on any atom is 0.269 e. The van der Waals surface area contributed by atoms with Crippen molar-refractivity contribution in [3.05, 3.63) is 64.7 Å². The molecule has 0 bridgehead atoms. The van der Waals surface area contributed by atoms with Crippen molar-refractivity contribution >= 4 is 15.7 Å². The van der Waals surface area contributed by atoms with E-state index >= 15 is 0 Å². The van der Waals surface area contributed by atoms with Crippen LogP contribution in [0.15, 0.2) is 59.5 Å². The highest BCUT2D eigenvalue weighted by molar-refractivity contribution is 7.89. The molecule has 0 N–H and O–H groups in total. The van der Waals surface area contributed by atoms with Gasteiger partial charge in [-0.3, -0.25) is 15.0 Å². The largest absolute Gasteiger partial charge is 0.492 e. The van der Waals surface area contributed by atoms with Gasteiger partial charge in [-0.05, 0) is 24.3 Å². The highest BCUT2D eigenvalue weighted by Gasteiger charge is 2.28. The Labute approximate surface area is 158 Å². The number of ether oxygens (including phenoxy) is 1. The normalized spacial score (nSPS) is 16.1. The predicted octanol–water partition coefficient (Wildman–Crippen LogP) is 1.98. The molecule has 1 heterocycles. The van der Waals surface area contributed by atoms with Crippen LogP contribution in [0.25, 0.3) is 0 Å². The molecule has 27 heavy (non-hydrogen) atoms. The first kappa shape index (κ1) is 19.3. The van der Waals surface area contributed by atoms with Gasteiger partial charge in [-0.2, -0.15) is 4.31 Å². The number of sulfonamides is 1. The van der Waals surface area contributed by atoms with E-state index in [4.69, 9.17) is 4.74 Å². The van der Waals surface area contributed by atoms with Crippen LogP contribution in [0.2, 0.25) is 0 Å². The second kappa shape index (κ2) is 8.47. The molecule has 1 aliphatic heterocycles. The van der Waals surface area contributed by atoms with E-state index in [1.54, 1.807) is 0 Å². The topological polar surface area (TPSA) is 93.0 Å². The van der Waals surface area contributed by atoms with Gasteiger partial charge in [-0.15, -0.1) is 0 Å². The van der Waals surface area contributed by atoms with Crippen molar-refractivity contribution in [3.8, 4) is 5.75 Å². The van der Waals surface area contributed by atoms with Gasteiger partial charge in [0.25, 0.3) is 5.69 Å². The lowest BCUT2D eigenvalue weighted by Gasteiger charge is -2.33. The van der Waals surface area contributed by atoms with E-state index in [-0.39, 0.29) is 10.6 Å². The van der Waals surface area contributed by atoms with E-state index in [0.29, 0.717) is 32.8 Å². The zero-order valence-electron chi connectivity index (χ0n) is 14.7. The molecule has 144 valence electrons. The Morgan fingerprint density at radius 3 is 2.19 bits per heavy atom. The Morgan fingerprint density at radius 1 is 0.963 bits per heavy atom. The molecule has 0 saturated carbocycles. The van der Waals surface area contributed by atoms with Crippen LogP contribution in [0.3, 0.4) is 0 Å². The third kappa shape index (κ3) is 4.82. The Hall–Kier alpha value is -2.49. The molecule has 0 radical (unpaired) electrons. The van der Waals surface area contributed by atoms with Gasteiger partial charge >= 0.3 is 0 Å². The summed E-state index contributed by atoms with van der Waals surface area (Å²) < 4.78 is 32.5. The summed E-state index contributed by atoms with van der Waals surface area (Å²) in [6.07, 6.45) is 0. The summed E-state index contributed by atoms with van der Waals surface area (Å²) in [7, 11) is -3.64. The molecule has 0 atom stereocenters. The predicted molar refractivity (Wildman–Crippen MR) is 100 cm³/mol. The molecule has 2 aromatic rings.